The topological polar surface area (TPSA) is 215 Å². The third-order valence-corrected chi connectivity index (χ3v) is 10.1. The molecule has 0 radical (unpaired) electrons. The zero-order chi connectivity index (χ0) is 39.9. The van der Waals surface area contributed by atoms with E-state index in [0.29, 0.717) is 37.6 Å². The van der Waals surface area contributed by atoms with E-state index in [-0.39, 0.29) is 12.1 Å². The van der Waals surface area contributed by atoms with E-state index in [0.717, 1.165) is 46.5 Å². The highest BCUT2D eigenvalue weighted by molar-refractivity contribution is 5.87. The number of carbonyl (C=O) groups is 4. The van der Waals surface area contributed by atoms with Gasteiger partial charge < -0.3 is 50.1 Å². The van der Waals surface area contributed by atoms with Crippen LogP contribution < -0.4 is 10.6 Å². The summed E-state index contributed by atoms with van der Waals surface area (Å²) in [5, 5.41) is 25.2. The largest absolute Gasteiger partial charge is 0.453 e. The number of carbonyl (C=O) groups excluding carboxylic acids is 4. The molecule has 2 aromatic carbocycles. The third-order valence-electron chi connectivity index (χ3n) is 10.1. The number of ether oxygens (including phenoxy) is 2. The quantitative estimate of drug-likeness (QED) is 0.129. The number of imidazole rings is 2. The highest BCUT2D eigenvalue weighted by Gasteiger charge is 2.39. The fourth-order valence-electron chi connectivity index (χ4n) is 7.05. The minimum absolute atomic E-state index is 0.329. The van der Waals surface area contributed by atoms with Crippen molar-refractivity contribution in [2.75, 3.05) is 27.3 Å². The standard InChI is InChI=1S/C40H46N8O8/c1-23(49)33(45-39(53)55-3)37(51)47-19-5-7-31(47)35-41-21-29(43-35)27-15-11-25(12-16-27)9-10-26-13-17-28(18-14-26)30-22-42-36(44-30)32-8-6-20-48(32)38(52)34(24(2)50)46-40(54)56-4/h11-18,21-24,31-34,49-50H,5-8,19-20H2,1-4H3,(H,41,43)(H,42,44)(H,45,53)(H,46,54). The first kappa shape index (κ1) is 39.5. The minimum atomic E-state index is -1.14. The van der Waals surface area contributed by atoms with Gasteiger partial charge in [0.1, 0.15) is 23.7 Å². The number of alkyl carbamates (subject to hydrolysis) is 2. The Bertz CT molecular complexity index is 1940. The summed E-state index contributed by atoms with van der Waals surface area (Å²) in [4.78, 5) is 69.3. The fraction of sp³-hybridized carbons (Fsp3) is 0.400. The van der Waals surface area contributed by atoms with Crippen LogP contribution in [-0.2, 0) is 19.1 Å². The van der Waals surface area contributed by atoms with Gasteiger partial charge in [-0.25, -0.2) is 19.6 Å². The lowest BCUT2D eigenvalue weighted by atomic mass is 10.1. The Morgan fingerprint density at radius 3 is 1.41 bits per heavy atom. The molecule has 294 valence electrons. The lowest BCUT2D eigenvalue weighted by Gasteiger charge is -2.29. The van der Waals surface area contributed by atoms with E-state index in [2.05, 4.69) is 51.9 Å². The second-order valence-corrected chi connectivity index (χ2v) is 13.9. The first-order valence-electron chi connectivity index (χ1n) is 18.5. The summed E-state index contributed by atoms with van der Waals surface area (Å²) in [5.41, 5.74) is 4.99. The maximum Gasteiger partial charge on any atom is 0.407 e. The number of aliphatic hydroxyl groups is 2. The minimum Gasteiger partial charge on any atom is -0.453 e. The van der Waals surface area contributed by atoms with E-state index in [9.17, 15) is 29.4 Å². The molecule has 16 nitrogen and oxygen atoms in total. The Labute approximate surface area is 324 Å². The fourth-order valence-corrected chi connectivity index (χ4v) is 7.05. The third kappa shape index (κ3) is 8.85. The molecule has 4 heterocycles. The average molecular weight is 767 g/mol. The zero-order valence-corrected chi connectivity index (χ0v) is 31.6. The van der Waals surface area contributed by atoms with Gasteiger partial charge in [-0.05, 0) is 74.9 Å². The van der Waals surface area contributed by atoms with Crippen LogP contribution in [0.2, 0.25) is 0 Å². The van der Waals surface area contributed by atoms with E-state index < -0.39 is 48.3 Å². The van der Waals surface area contributed by atoms with Crippen LogP contribution in [0.4, 0.5) is 9.59 Å². The van der Waals surface area contributed by atoms with Gasteiger partial charge in [-0.3, -0.25) is 9.59 Å². The Kier molecular flexibility index (Phi) is 12.4. The highest BCUT2D eigenvalue weighted by Crippen LogP contribution is 2.34. The first-order valence-corrected chi connectivity index (χ1v) is 18.5. The summed E-state index contributed by atoms with van der Waals surface area (Å²) in [5.74, 6) is 6.85. The second-order valence-electron chi connectivity index (χ2n) is 13.9. The van der Waals surface area contributed by atoms with E-state index in [1.807, 2.05) is 48.5 Å². The average Bonchev–Trinajstić information content (AvgIpc) is 4.04. The maximum atomic E-state index is 13.3. The van der Waals surface area contributed by atoms with Gasteiger partial charge in [0.05, 0.1) is 62.3 Å². The summed E-state index contributed by atoms with van der Waals surface area (Å²) >= 11 is 0. The number of methoxy groups -OCH3 is 2. The van der Waals surface area contributed by atoms with Crippen LogP contribution in [0.5, 0.6) is 0 Å². The van der Waals surface area contributed by atoms with Crippen LogP contribution in [0.25, 0.3) is 22.5 Å². The Morgan fingerprint density at radius 2 is 1.07 bits per heavy atom. The van der Waals surface area contributed by atoms with Gasteiger partial charge in [-0.1, -0.05) is 36.1 Å². The molecule has 2 saturated heterocycles. The summed E-state index contributed by atoms with van der Waals surface area (Å²) in [6.45, 7) is 3.84. The van der Waals surface area contributed by atoms with Crippen molar-refractivity contribution < 1.29 is 38.9 Å². The second kappa shape index (κ2) is 17.5. The summed E-state index contributed by atoms with van der Waals surface area (Å²) < 4.78 is 9.26. The van der Waals surface area contributed by atoms with Crippen LogP contribution in [-0.4, -0.2) is 116 Å². The molecule has 2 aliphatic rings. The van der Waals surface area contributed by atoms with Crippen LogP contribution in [0.3, 0.4) is 0 Å². The first-order chi connectivity index (χ1) is 27.0. The number of likely N-dealkylation sites (tertiary alicyclic amines) is 2. The summed E-state index contributed by atoms with van der Waals surface area (Å²) in [7, 11) is 2.40. The molecule has 2 aliphatic heterocycles. The number of amides is 4. The number of benzene rings is 2. The number of nitrogens with zero attached hydrogens (tertiary/aromatic N) is 4. The molecule has 0 spiro atoms. The molecular formula is C40H46N8O8. The van der Waals surface area contributed by atoms with Crippen molar-refractivity contribution in [1.82, 2.24) is 40.4 Å². The number of rotatable bonds is 10. The van der Waals surface area contributed by atoms with Gasteiger partial charge in [-0.15, -0.1) is 0 Å². The van der Waals surface area contributed by atoms with Gasteiger partial charge in [0, 0.05) is 24.2 Å². The SMILES string of the molecule is COC(=O)NC(C(=O)N1CCCC1c1ncc(-c2ccc(C#Cc3ccc(-c4cnc(C5CCCN5C(=O)C(NC(=O)OC)C(C)O)[nH]4)cc3)cc2)[nH]1)C(C)O. The number of aliphatic hydroxyl groups excluding tert-OH is 2. The molecule has 0 bridgehead atoms. The van der Waals surface area contributed by atoms with E-state index in [1.54, 1.807) is 22.2 Å². The van der Waals surface area contributed by atoms with Crippen molar-refractivity contribution in [2.24, 2.45) is 0 Å². The molecule has 6 rings (SSSR count). The van der Waals surface area contributed by atoms with Gasteiger partial charge in [0.25, 0.3) is 0 Å². The summed E-state index contributed by atoms with van der Waals surface area (Å²) in [6, 6.07) is 12.5. The van der Waals surface area contributed by atoms with Crippen LogP contribution in [0.15, 0.2) is 60.9 Å². The van der Waals surface area contributed by atoms with Crippen molar-refractivity contribution in [2.45, 2.75) is 75.9 Å². The predicted molar refractivity (Wildman–Crippen MR) is 203 cm³/mol. The normalized spacial score (nSPS) is 18.6. The Morgan fingerprint density at radius 1 is 0.696 bits per heavy atom. The van der Waals surface area contributed by atoms with Crippen molar-refractivity contribution in [1.29, 1.82) is 0 Å². The number of aromatic nitrogens is 4. The Hall–Kier alpha value is -6.18. The van der Waals surface area contributed by atoms with Crippen molar-refractivity contribution in [3.63, 3.8) is 0 Å². The van der Waals surface area contributed by atoms with E-state index >= 15 is 0 Å². The molecule has 56 heavy (non-hydrogen) atoms. The molecule has 0 saturated carbocycles. The number of hydrogen-bond donors (Lipinski definition) is 6. The van der Waals surface area contributed by atoms with Crippen molar-refractivity contribution >= 4 is 24.0 Å². The highest BCUT2D eigenvalue weighted by atomic mass is 16.5. The smallest absolute Gasteiger partial charge is 0.407 e. The molecule has 4 amide bonds. The molecule has 6 atom stereocenters. The van der Waals surface area contributed by atoms with E-state index in [1.165, 1.54) is 28.1 Å². The lowest BCUT2D eigenvalue weighted by Crippen LogP contribution is -2.53. The number of hydrogen-bond acceptors (Lipinski definition) is 10. The molecule has 2 aromatic heterocycles. The van der Waals surface area contributed by atoms with E-state index in [4.69, 9.17) is 0 Å². The maximum absolute atomic E-state index is 13.3. The summed E-state index contributed by atoms with van der Waals surface area (Å²) in [6.07, 6.45) is 2.53. The van der Waals surface area contributed by atoms with Gasteiger partial charge in [-0.2, -0.15) is 0 Å². The predicted octanol–water partition coefficient (Wildman–Crippen LogP) is 3.40. The molecule has 0 aliphatic carbocycles. The zero-order valence-electron chi connectivity index (χ0n) is 31.6. The number of nitrogens with one attached hydrogen (secondary N) is 4. The number of aromatic amines is 2. The molecule has 2 fully saturated rings. The van der Waals surface area contributed by atoms with Gasteiger partial charge >= 0.3 is 12.2 Å². The molecule has 4 aromatic rings. The molecule has 6 N–H and O–H groups in total. The van der Waals surface area contributed by atoms with Crippen LogP contribution in [0, 0.1) is 11.8 Å². The molecule has 16 heteroatoms. The van der Waals surface area contributed by atoms with Crippen molar-refractivity contribution in [3.05, 3.63) is 83.7 Å². The van der Waals surface area contributed by atoms with Crippen LogP contribution >= 0.6 is 0 Å². The van der Waals surface area contributed by atoms with Crippen LogP contribution in [0.1, 0.15) is 74.4 Å². The monoisotopic (exact) mass is 766 g/mol. The Balaban J connectivity index is 1.08. The number of H-pyrrole nitrogens is 2. The lowest BCUT2D eigenvalue weighted by molar-refractivity contribution is -0.137. The molecule has 6 unspecified atom stereocenters. The van der Waals surface area contributed by atoms with Gasteiger partial charge in [0.2, 0.25) is 11.8 Å². The molecular weight excluding hydrogens is 720 g/mol. The van der Waals surface area contributed by atoms with Gasteiger partial charge in [0.15, 0.2) is 0 Å². The van der Waals surface area contributed by atoms with Crippen molar-refractivity contribution in [3.8, 4) is 34.4 Å².